The van der Waals surface area contributed by atoms with E-state index in [9.17, 15) is 4.79 Å². The largest absolute Gasteiger partial charge is 0.484 e. The van der Waals surface area contributed by atoms with Crippen LogP contribution in [-0.2, 0) is 11.3 Å². The molecule has 0 fully saturated rings. The van der Waals surface area contributed by atoms with Crippen molar-refractivity contribution in [3.05, 3.63) is 64.7 Å². The van der Waals surface area contributed by atoms with Crippen molar-refractivity contribution in [2.45, 2.75) is 27.3 Å². The summed E-state index contributed by atoms with van der Waals surface area (Å²) in [5.41, 5.74) is 4.54. The quantitative estimate of drug-likeness (QED) is 0.914. The number of amides is 1. The number of hydrogen-bond acceptors (Lipinski definition) is 2. The zero-order valence-corrected chi connectivity index (χ0v) is 12.8. The molecule has 0 saturated heterocycles. The Labute approximate surface area is 126 Å². The van der Waals surface area contributed by atoms with E-state index in [1.54, 1.807) is 0 Å². The lowest BCUT2D eigenvalue weighted by Gasteiger charge is -2.09. The van der Waals surface area contributed by atoms with Crippen molar-refractivity contribution in [2.75, 3.05) is 6.61 Å². The highest BCUT2D eigenvalue weighted by Crippen LogP contribution is 2.15. The standard InChI is InChI=1S/C18H21NO2/c1-13-5-4-6-16(8-13)11-19-18(20)12-21-17-9-14(2)7-15(3)10-17/h4-10H,11-12H2,1-3H3,(H,19,20). The molecule has 0 radical (unpaired) electrons. The van der Waals surface area contributed by atoms with Gasteiger partial charge in [0.25, 0.3) is 5.91 Å². The smallest absolute Gasteiger partial charge is 0.258 e. The van der Waals surface area contributed by atoms with Gasteiger partial charge in [-0.1, -0.05) is 35.9 Å². The Morgan fingerprint density at radius 2 is 1.71 bits per heavy atom. The minimum atomic E-state index is -0.115. The van der Waals surface area contributed by atoms with Gasteiger partial charge in [0.05, 0.1) is 0 Å². The van der Waals surface area contributed by atoms with Crippen LogP contribution in [0.15, 0.2) is 42.5 Å². The zero-order chi connectivity index (χ0) is 15.2. The Morgan fingerprint density at radius 3 is 2.38 bits per heavy atom. The Kier molecular flexibility index (Phi) is 4.99. The number of nitrogens with one attached hydrogen (secondary N) is 1. The summed E-state index contributed by atoms with van der Waals surface area (Å²) in [7, 11) is 0. The molecule has 0 aliphatic carbocycles. The van der Waals surface area contributed by atoms with Crippen LogP contribution in [0.2, 0.25) is 0 Å². The van der Waals surface area contributed by atoms with Gasteiger partial charge in [-0.05, 0) is 49.6 Å². The van der Waals surface area contributed by atoms with Crippen molar-refractivity contribution >= 4 is 5.91 Å². The molecule has 2 rings (SSSR count). The van der Waals surface area contributed by atoms with Crippen molar-refractivity contribution in [3.8, 4) is 5.75 Å². The predicted octanol–water partition coefficient (Wildman–Crippen LogP) is 3.31. The van der Waals surface area contributed by atoms with Crippen LogP contribution in [0.1, 0.15) is 22.3 Å². The van der Waals surface area contributed by atoms with E-state index in [-0.39, 0.29) is 12.5 Å². The second kappa shape index (κ2) is 6.93. The minimum Gasteiger partial charge on any atom is -0.484 e. The van der Waals surface area contributed by atoms with Crippen LogP contribution in [0.3, 0.4) is 0 Å². The summed E-state index contributed by atoms with van der Waals surface area (Å²) in [4.78, 5) is 11.8. The Balaban J connectivity index is 1.82. The first-order chi connectivity index (χ1) is 10.0. The van der Waals surface area contributed by atoms with Crippen LogP contribution >= 0.6 is 0 Å². The normalized spacial score (nSPS) is 10.2. The lowest BCUT2D eigenvalue weighted by Crippen LogP contribution is -2.28. The van der Waals surface area contributed by atoms with Crippen molar-refractivity contribution in [3.63, 3.8) is 0 Å². The molecule has 110 valence electrons. The average Bonchev–Trinajstić information content (AvgIpc) is 2.42. The van der Waals surface area contributed by atoms with Gasteiger partial charge in [0.1, 0.15) is 5.75 Å². The second-order valence-electron chi connectivity index (χ2n) is 5.38. The van der Waals surface area contributed by atoms with Gasteiger partial charge < -0.3 is 10.1 Å². The molecule has 0 aliphatic heterocycles. The second-order valence-corrected chi connectivity index (χ2v) is 5.38. The first-order valence-corrected chi connectivity index (χ1v) is 7.06. The van der Waals surface area contributed by atoms with Crippen molar-refractivity contribution in [1.82, 2.24) is 5.32 Å². The maximum Gasteiger partial charge on any atom is 0.258 e. The summed E-state index contributed by atoms with van der Waals surface area (Å²) < 4.78 is 5.53. The van der Waals surface area contributed by atoms with E-state index in [4.69, 9.17) is 4.74 Å². The molecule has 2 aromatic carbocycles. The Hall–Kier alpha value is -2.29. The van der Waals surface area contributed by atoms with Crippen molar-refractivity contribution < 1.29 is 9.53 Å². The van der Waals surface area contributed by atoms with E-state index in [1.807, 2.05) is 51.1 Å². The zero-order valence-electron chi connectivity index (χ0n) is 12.8. The van der Waals surface area contributed by atoms with Gasteiger partial charge in [0.2, 0.25) is 0 Å². The van der Waals surface area contributed by atoms with Gasteiger partial charge in [0, 0.05) is 6.54 Å². The fraction of sp³-hybridized carbons (Fsp3) is 0.278. The van der Waals surface area contributed by atoms with E-state index in [0.717, 1.165) is 22.4 Å². The number of benzene rings is 2. The molecule has 0 unspecified atom stereocenters. The molecule has 1 N–H and O–H groups in total. The molecule has 0 aliphatic rings. The molecule has 0 atom stereocenters. The third-order valence-corrected chi connectivity index (χ3v) is 3.14. The average molecular weight is 283 g/mol. The van der Waals surface area contributed by atoms with E-state index >= 15 is 0 Å². The maximum atomic E-state index is 11.8. The van der Waals surface area contributed by atoms with E-state index in [0.29, 0.717) is 6.54 Å². The molecule has 0 saturated carbocycles. The molecule has 0 aromatic heterocycles. The monoisotopic (exact) mass is 283 g/mol. The van der Waals surface area contributed by atoms with Gasteiger partial charge in [-0.2, -0.15) is 0 Å². The van der Waals surface area contributed by atoms with E-state index in [2.05, 4.69) is 17.4 Å². The molecule has 0 heterocycles. The van der Waals surface area contributed by atoms with Gasteiger partial charge in [-0.25, -0.2) is 0 Å². The van der Waals surface area contributed by atoms with Crippen LogP contribution in [0, 0.1) is 20.8 Å². The van der Waals surface area contributed by atoms with E-state index in [1.165, 1.54) is 5.56 Å². The highest BCUT2D eigenvalue weighted by atomic mass is 16.5. The van der Waals surface area contributed by atoms with Gasteiger partial charge in [-0.15, -0.1) is 0 Å². The molecular formula is C18H21NO2. The van der Waals surface area contributed by atoms with Crippen molar-refractivity contribution in [2.24, 2.45) is 0 Å². The number of carbonyl (C=O) groups is 1. The first-order valence-electron chi connectivity index (χ1n) is 7.06. The maximum absolute atomic E-state index is 11.8. The third kappa shape index (κ3) is 4.95. The molecule has 0 spiro atoms. The van der Waals surface area contributed by atoms with Gasteiger partial charge in [0.15, 0.2) is 6.61 Å². The summed E-state index contributed by atoms with van der Waals surface area (Å²) in [5.74, 6) is 0.619. The fourth-order valence-corrected chi connectivity index (χ4v) is 2.24. The Morgan fingerprint density at radius 1 is 1.00 bits per heavy atom. The first kappa shape index (κ1) is 15.1. The summed E-state index contributed by atoms with van der Waals surface area (Å²) >= 11 is 0. The van der Waals surface area contributed by atoms with Crippen molar-refractivity contribution in [1.29, 1.82) is 0 Å². The minimum absolute atomic E-state index is 0.0364. The summed E-state index contributed by atoms with van der Waals surface area (Å²) in [6.45, 7) is 6.62. The van der Waals surface area contributed by atoms with Crippen LogP contribution in [-0.4, -0.2) is 12.5 Å². The molecule has 0 bridgehead atoms. The van der Waals surface area contributed by atoms with Crippen LogP contribution in [0.5, 0.6) is 5.75 Å². The van der Waals surface area contributed by atoms with Crippen LogP contribution in [0.4, 0.5) is 0 Å². The molecule has 2 aromatic rings. The number of aryl methyl sites for hydroxylation is 3. The summed E-state index contributed by atoms with van der Waals surface area (Å²) in [6.07, 6.45) is 0. The topological polar surface area (TPSA) is 38.3 Å². The predicted molar refractivity (Wildman–Crippen MR) is 84.4 cm³/mol. The molecule has 1 amide bonds. The van der Waals surface area contributed by atoms with Crippen LogP contribution in [0.25, 0.3) is 0 Å². The number of hydrogen-bond donors (Lipinski definition) is 1. The molecule has 21 heavy (non-hydrogen) atoms. The van der Waals surface area contributed by atoms with Crippen LogP contribution < -0.4 is 10.1 Å². The number of ether oxygens (including phenoxy) is 1. The van der Waals surface area contributed by atoms with Gasteiger partial charge >= 0.3 is 0 Å². The molecule has 3 nitrogen and oxygen atoms in total. The summed E-state index contributed by atoms with van der Waals surface area (Å²) in [5, 5.41) is 2.86. The third-order valence-electron chi connectivity index (χ3n) is 3.14. The lowest BCUT2D eigenvalue weighted by molar-refractivity contribution is -0.123. The van der Waals surface area contributed by atoms with Gasteiger partial charge in [-0.3, -0.25) is 4.79 Å². The molecule has 3 heteroatoms. The number of rotatable bonds is 5. The summed E-state index contributed by atoms with van der Waals surface area (Å²) in [6, 6.07) is 14.0. The Bertz CT molecular complexity index is 615. The number of carbonyl (C=O) groups excluding carboxylic acids is 1. The highest BCUT2D eigenvalue weighted by molar-refractivity contribution is 5.77. The highest BCUT2D eigenvalue weighted by Gasteiger charge is 2.04. The lowest BCUT2D eigenvalue weighted by atomic mass is 10.1. The SMILES string of the molecule is Cc1cccc(CNC(=O)COc2cc(C)cc(C)c2)c1. The van der Waals surface area contributed by atoms with E-state index < -0.39 is 0 Å². The fourth-order valence-electron chi connectivity index (χ4n) is 2.24. The molecular weight excluding hydrogens is 262 g/mol.